The number of hydrogen-bond donors (Lipinski definition) is 1. The maximum Gasteiger partial charge on any atom is 0.261 e. The number of aryl methyl sites for hydroxylation is 2. The van der Waals surface area contributed by atoms with E-state index in [-0.39, 0.29) is 18.4 Å². The molecule has 0 aliphatic heterocycles. The Labute approximate surface area is 174 Å². The second-order valence-electron chi connectivity index (χ2n) is 7.39. The lowest BCUT2D eigenvalue weighted by atomic mass is 10.1. The molecular formula is C24H32N2O3. The molecule has 156 valence electrons. The average Bonchev–Trinajstić information content (AvgIpc) is 2.70. The van der Waals surface area contributed by atoms with Crippen LogP contribution in [0.2, 0.25) is 0 Å². The molecule has 5 nitrogen and oxygen atoms in total. The van der Waals surface area contributed by atoms with E-state index < -0.39 is 6.04 Å². The van der Waals surface area contributed by atoms with Gasteiger partial charge in [0.15, 0.2) is 6.61 Å². The van der Waals surface area contributed by atoms with Crippen LogP contribution in [-0.4, -0.2) is 42.5 Å². The van der Waals surface area contributed by atoms with Gasteiger partial charge in [-0.3, -0.25) is 9.59 Å². The van der Waals surface area contributed by atoms with Crippen LogP contribution in [0.25, 0.3) is 0 Å². The van der Waals surface area contributed by atoms with Crippen molar-refractivity contribution in [2.75, 3.05) is 19.7 Å². The monoisotopic (exact) mass is 396 g/mol. The molecular weight excluding hydrogens is 364 g/mol. The Morgan fingerprint density at radius 3 is 2.45 bits per heavy atom. The Bertz CT molecular complexity index is 834. The van der Waals surface area contributed by atoms with E-state index in [0.717, 1.165) is 22.3 Å². The highest BCUT2D eigenvalue weighted by atomic mass is 16.5. The number of carbonyl (C=O) groups excluding carboxylic acids is 2. The van der Waals surface area contributed by atoms with E-state index in [1.165, 1.54) is 0 Å². The largest absolute Gasteiger partial charge is 0.483 e. The molecule has 2 aromatic rings. The maximum absolute atomic E-state index is 13.0. The molecule has 0 spiro atoms. The Balaban J connectivity index is 2.11. The molecule has 1 atom stereocenters. The van der Waals surface area contributed by atoms with Gasteiger partial charge in [-0.1, -0.05) is 36.4 Å². The van der Waals surface area contributed by atoms with Gasteiger partial charge in [-0.25, -0.2) is 0 Å². The summed E-state index contributed by atoms with van der Waals surface area (Å²) < 4.78 is 5.86. The molecule has 0 aliphatic carbocycles. The molecule has 0 radical (unpaired) electrons. The lowest BCUT2D eigenvalue weighted by Crippen LogP contribution is -2.50. The summed E-state index contributed by atoms with van der Waals surface area (Å²) in [5.41, 5.74) is 4.37. The van der Waals surface area contributed by atoms with Crippen molar-refractivity contribution in [3.63, 3.8) is 0 Å². The number of hydrogen-bond acceptors (Lipinski definition) is 3. The van der Waals surface area contributed by atoms with Crippen LogP contribution in [0.5, 0.6) is 5.75 Å². The third kappa shape index (κ3) is 6.34. The lowest BCUT2D eigenvalue weighted by molar-refractivity contribution is -0.141. The Morgan fingerprint density at radius 2 is 1.79 bits per heavy atom. The van der Waals surface area contributed by atoms with Crippen molar-refractivity contribution in [3.05, 3.63) is 64.7 Å². The predicted molar refractivity (Wildman–Crippen MR) is 116 cm³/mol. The molecule has 0 bridgehead atoms. The highest BCUT2D eigenvalue weighted by Gasteiger charge is 2.26. The first-order valence-electron chi connectivity index (χ1n) is 10.1. The summed E-state index contributed by atoms with van der Waals surface area (Å²) in [7, 11) is 0. The van der Waals surface area contributed by atoms with Gasteiger partial charge in [0, 0.05) is 13.1 Å². The number of carbonyl (C=O) groups is 2. The predicted octanol–water partition coefficient (Wildman–Crippen LogP) is 3.59. The molecule has 0 fully saturated rings. The summed E-state index contributed by atoms with van der Waals surface area (Å²) >= 11 is 0. The second kappa shape index (κ2) is 10.6. The van der Waals surface area contributed by atoms with Crippen LogP contribution in [-0.2, 0) is 16.0 Å². The molecule has 0 unspecified atom stereocenters. The topological polar surface area (TPSA) is 58.6 Å². The number of rotatable bonds is 9. The summed E-state index contributed by atoms with van der Waals surface area (Å²) in [4.78, 5) is 27.0. The fourth-order valence-corrected chi connectivity index (χ4v) is 3.27. The Morgan fingerprint density at radius 1 is 1.10 bits per heavy atom. The van der Waals surface area contributed by atoms with Gasteiger partial charge in [-0.05, 0) is 69.4 Å². The molecule has 2 rings (SSSR count). The fourth-order valence-electron chi connectivity index (χ4n) is 3.27. The van der Waals surface area contributed by atoms with E-state index in [2.05, 4.69) is 11.4 Å². The van der Waals surface area contributed by atoms with E-state index in [4.69, 9.17) is 4.74 Å². The van der Waals surface area contributed by atoms with E-state index in [0.29, 0.717) is 25.3 Å². The van der Waals surface area contributed by atoms with Gasteiger partial charge < -0.3 is 15.0 Å². The lowest BCUT2D eigenvalue weighted by Gasteiger charge is -2.28. The summed E-state index contributed by atoms with van der Waals surface area (Å²) in [6.45, 7) is 10.5. The van der Waals surface area contributed by atoms with Crippen LogP contribution < -0.4 is 10.1 Å². The van der Waals surface area contributed by atoms with Crippen LogP contribution in [0.15, 0.2) is 42.5 Å². The minimum absolute atomic E-state index is 0.0950. The molecule has 2 aromatic carbocycles. The minimum Gasteiger partial charge on any atom is -0.483 e. The number of likely N-dealkylation sites (N-methyl/N-ethyl adjacent to an activating group) is 1. The third-order valence-electron chi connectivity index (χ3n) is 5.12. The molecule has 0 aromatic heterocycles. The summed E-state index contributed by atoms with van der Waals surface area (Å²) in [6, 6.07) is 13.4. The van der Waals surface area contributed by atoms with Crippen molar-refractivity contribution in [2.45, 2.75) is 47.1 Å². The van der Waals surface area contributed by atoms with Gasteiger partial charge in [0.05, 0.1) is 0 Å². The van der Waals surface area contributed by atoms with Gasteiger partial charge in [0.2, 0.25) is 5.91 Å². The van der Waals surface area contributed by atoms with E-state index in [9.17, 15) is 9.59 Å². The zero-order valence-electron chi connectivity index (χ0n) is 18.1. The third-order valence-corrected chi connectivity index (χ3v) is 5.12. The standard InChI is InChI=1S/C24H32N2O3/c1-6-25-24(28)20(5)26(13-12-21-10-8-7-9-11-21)23(27)16-29-22-15-17(2)14-18(3)19(22)4/h7-11,14-15,20H,6,12-13,16H2,1-5H3,(H,25,28)/t20-/m1/s1. The van der Waals surface area contributed by atoms with Gasteiger partial charge in [-0.15, -0.1) is 0 Å². The smallest absolute Gasteiger partial charge is 0.261 e. The van der Waals surface area contributed by atoms with Crippen molar-refractivity contribution < 1.29 is 14.3 Å². The molecule has 2 amide bonds. The van der Waals surface area contributed by atoms with E-state index >= 15 is 0 Å². The molecule has 1 N–H and O–H groups in total. The van der Waals surface area contributed by atoms with Crippen LogP contribution >= 0.6 is 0 Å². The first-order valence-corrected chi connectivity index (χ1v) is 10.1. The van der Waals surface area contributed by atoms with E-state index in [1.54, 1.807) is 11.8 Å². The highest BCUT2D eigenvalue weighted by Crippen LogP contribution is 2.23. The number of benzene rings is 2. The van der Waals surface area contributed by atoms with Gasteiger partial charge in [-0.2, -0.15) is 0 Å². The van der Waals surface area contributed by atoms with Gasteiger partial charge >= 0.3 is 0 Å². The molecule has 0 saturated heterocycles. The van der Waals surface area contributed by atoms with E-state index in [1.807, 2.05) is 64.1 Å². The van der Waals surface area contributed by atoms with Crippen molar-refractivity contribution in [1.29, 1.82) is 0 Å². The first kappa shape index (κ1) is 22.5. The average molecular weight is 397 g/mol. The molecule has 0 aliphatic rings. The van der Waals surface area contributed by atoms with Crippen LogP contribution in [0, 0.1) is 20.8 Å². The summed E-state index contributed by atoms with van der Waals surface area (Å²) in [5, 5.41) is 2.80. The fraction of sp³-hybridized carbons (Fsp3) is 0.417. The molecule has 0 heterocycles. The van der Waals surface area contributed by atoms with Gasteiger partial charge in [0.25, 0.3) is 5.91 Å². The zero-order valence-corrected chi connectivity index (χ0v) is 18.1. The Kier molecular flexibility index (Phi) is 8.25. The molecule has 29 heavy (non-hydrogen) atoms. The summed E-state index contributed by atoms with van der Waals surface area (Å²) in [6.07, 6.45) is 0.679. The molecule has 0 saturated carbocycles. The quantitative estimate of drug-likeness (QED) is 0.705. The van der Waals surface area contributed by atoms with Crippen LogP contribution in [0.1, 0.15) is 36.1 Å². The number of ether oxygens (including phenoxy) is 1. The maximum atomic E-state index is 13.0. The van der Waals surface area contributed by atoms with Gasteiger partial charge in [0.1, 0.15) is 11.8 Å². The number of amides is 2. The van der Waals surface area contributed by atoms with Crippen molar-refractivity contribution >= 4 is 11.8 Å². The van der Waals surface area contributed by atoms with Crippen LogP contribution in [0.3, 0.4) is 0 Å². The number of nitrogens with one attached hydrogen (secondary N) is 1. The highest BCUT2D eigenvalue weighted by molar-refractivity contribution is 5.88. The van der Waals surface area contributed by atoms with Crippen molar-refractivity contribution in [2.24, 2.45) is 0 Å². The summed E-state index contributed by atoms with van der Waals surface area (Å²) in [5.74, 6) is 0.360. The van der Waals surface area contributed by atoms with Crippen molar-refractivity contribution in [3.8, 4) is 5.75 Å². The Hall–Kier alpha value is -2.82. The number of nitrogens with zero attached hydrogens (tertiary/aromatic N) is 1. The molecule has 5 heteroatoms. The first-order chi connectivity index (χ1) is 13.8. The zero-order chi connectivity index (χ0) is 21.4. The minimum atomic E-state index is -0.560. The van der Waals surface area contributed by atoms with Crippen molar-refractivity contribution in [1.82, 2.24) is 10.2 Å². The second-order valence-corrected chi connectivity index (χ2v) is 7.39. The van der Waals surface area contributed by atoms with Crippen LogP contribution in [0.4, 0.5) is 0 Å². The SMILES string of the molecule is CCNC(=O)[C@@H](C)N(CCc1ccccc1)C(=O)COc1cc(C)cc(C)c1C. The normalized spacial score (nSPS) is 11.6.